The molecule has 1 amide bonds. The van der Waals surface area contributed by atoms with E-state index in [-0.39, 0.29) is 17.9 Å². The Balaban J connectivity index is 2.46. The van der Waals surface area contributed by atoms with Crippen LogP contribution >= 0.6 is 0 Å². The lowest BCUT2D eigenvalue weighted by atomic mass is 10.2. The standard InChI is InChI=1S/C10H19NO2/c1-8(2)10(13)11-6-3-4-9(12)5-7-11/h8-9,12H,3-7H2,1-2H3. The Morgan fingerprint density at radius 3 is 2.69 bits per heavy atom. The number of amides is 1. The van der Waals surface area contributed by atoms with Crippen molar-refractivity contribution in [1.82, 2.24) is 4.90 Å². The molecule has 13 heavy (non-hydrogen) atoms. The molecule has 3 heteroatoms. The Bertz CT molecular complexity index is 180. The molecule has 1 aliphatic rings. The molecule has 0 spiro atoms. The van der Waals surface area contributed by atoms with Gasteiger partial charge in [-0.05, 0) is 19.3 Å². The third-order valence-electron chi connectivity index (χ3n) is 2.50. The topological polar surface area (TPSA) is 40.5 Å². The Morgan fingerprint density at radius 2 is 2.08 bits per heavy atom. The highest BCUT2D eigenvalue weighted by Gasteiger charge is 2.20. The number of carbonyl (C=O) groups is 1. The van der Waals surface area contributed by atoms with Gasteiger partial charge in [-0.1, -0.05) is 13.8 Å². The molecule has 0 aromatic heterocycles. The van der Waals surface area contributed by atoms with Gasteiger partial charge in [-0.25, -0.2) is 0 Å². The van der Waals surface area contributed by atoms with Gasteiger partial charge in [-0.2, -0.15) is 0 Å². The number of hydrogen-bond acceptors (Lipinski definition) is 2. The minimum Gasteiger partial charge on any atom is -0.393 e. The predicted molar refractivity (Wildman–Crippen MR) is 51.3 cm³/mol. The molecule has 1 unspecified atom stereocenters. The third-order valence-corrected chi connectivity index (χ3v) is 2.50. The maximum absolute atomic E-state index is 11.6. The zero-order valence-electron chi connectivity index (χ0n) is 8.49. The zero-order valence-corrected chi connectivity index (χ0v) is 8.49. The predicted octanol–water partition coefficient (Wildman–Crippen LogP) is 1.02. The molecule has 1 heterocycles. The van der Waals surface area contributed by atoms with E-state index in [9.17, 15) is 9.90 Å². The minimum absolute atomic E-state index is 0.0789. The second kappa shape index (κ2) is 4.61. The van der Waals surface area contributed by atoms with Crippen molar-refractivity contribution >= 4 is 5.91 Å². The summed E-state index contributed by atoms with van der Waals surface area (Å²) in [6.07, 6.45) is 2.30. The van der Waals surface area contributed by atoms with Gasteiger partial charge in [0.1, 0.15) is 0 Å². The Morgan fingerprint density at radius 1 is 1.38 bits per heavy atom. The average Bonchev–Trinajstić information content (AvgIpc) is 2.28. The SMILES string of the molecule is CC(C)C(=O)N1CCCC(O)CC1. The molecule has 0 saturated carbocycles. The van der Waals surface area contributed by atoms with Crippen molar-refractivity contribution in [1.29, 1.82) is 0 Å². The maximum atomic E-state index is 11.6. The largest absolute Gasteiger partial charge is 0.393 e. The van der Waals surface area contributed by atoms with Crippen molar-refractivity contribution in [3.63, 3.8) is 0 Å². The van der Waals surface area contributed by atoms with Crippen molar-refractivity contribution in [2.24, 2.45) is 5.92 Å². The van der Waals surface area contributed by atoms with Crippen LogP contribution in [-0.4, -0.2) is 35.1 Å². The number of rotatable bonds is 1. The van der Waals surface area contributed by atoms with Crippen LogP contribution in [0.15, 0.2) is 0 Å². The monoisotopic (exact) mass is 185 g/mol. The summed E-state index contributed by atoms with van der Waals surface area (Å²) in [7, 11) is 0. The summed E-state index contributed by atoms with van der Waals surface area (Å²) < 4.78 is 0. The number of aliphatic hydroxyl groups excluding tert-OH is 1. The molecule has 1 atom stereocenters. The number of likely N-dealkylation sites (tertiary alicyclic amines) is 1. The van der Waals surface area contributed by atoms with Crippen LogP contribution in [0.1, 0.15) is 33.1 Å². The highest BCUT2D eigenvalue weighted by Crippen LogP contribution is 2.12. The summed E-state index contributed by atoms with van der Waals surface area (Å²) in [5, 5.41) is 9.39. The first-order valence-electron chi connectivity index (χ1n) is 5.08. The van der Waals surface area contributed by atoms with Gasteiger partial charge >= 0.3 is 0 Å². The molecule has 0 aromatic rings. The van der Waals surface area contributed by atoms with Crippen LogP contribution in [0.2, 0.25) is 0 Å². The van der Waals surface area contributed by atoms with Crippen LogP contribution in [-0.2, 0) is 4.79 Å². The van der Waals surface area contributed by atoms with Gasteiger partial charge < -0.3 is 10.0 Å². The third kappa shape index (κ3) is 2.99. The van der Waals surface area contributed by atoms with Gasteiger partial charge in [0.2, 0.25) is 5.91 Å². The maximum Gasteiger partial charge on any atom is 0.225 e. The molecule has 0 radical (unpaired) electrons. The lowest BCUT2D eigenvalue weighted by Gasteiger charge is -2.22. The second-order valence-electron chi connectivity index (χ2n) is 4.06. The van der Waals surface area contributed by atoms with Crippen molar-refractivity contribution < 1.29 is 9.90 Å². The zero-order chi connectivity index (χ0) is 9.84. The van der Waals surface area contributed by atoms with Crippen LogP contribution in [0, 0.1) is 5.92 Å². The smallest absolute Gasteiger partial charge is 0.225 e. The van der Waals surface area contributed by atoms with E-state index in [0.717, 1.165) is 32.4 Å². The van der Waals surface area contributed by atoms with Gasteiger partial charge in [-0.3, -0.25) is 4.79 Å². The van der Waals surface area contributed by atoms with Gasteiger partial charge in [0, 0.05) is 19.0 Å². The van der Waals surface area contributed by atoms with Crippen molar-refractivity contribution in [3.8, 4) is 0 Å². The van der Waals surface area contributed by atoms with Gasteiger partial charge in [0.05, 0.1) is 6.10 Å². The van der Waals surface area contributed by atoms with Crippen molar-refractivity contribution in [2.45, 2.75) is 39.2 Å². The van der Waals surface area contributed by atoms with Crippen molar-refractivity contribution in [3.05, 3.63) is 0 Å². The van der Waals surface area contributed by atoms with E-state index in [2.05, 4.69) is 0 Å². The normalized spacial score (nSPS) is 24.6. The molecule has 0 bridgehead atoms. The molecule has 76 valence electrons. The van der Waals surface area contributed by atoms with E-state index < -0.39 is 0 Å². The number of carbonyl (C=O) groups excluding carboxylic acids is 1. The molecule has 0 aliphatic carbocycles. The Hall–Kier alpha value is -0.570. The van der Waals surface area contributed by atoms with E-state index in [1.165, 1.54) is 0 Å². The quantitative estimate of drug-likeness (QED) is 0.662. The average molecular weight is 185 g/mol. The Labute approximate surface area is 79.7 Å². The van der Waals surface area contributed by atoms with E-state index in [1.54, 1.807) is 0 Å². The highest BCUT2D eigenvalue weighted by atomic mass is 16.3. The molecule has 3 nitrogen and oxygen atoms in total. The van der Waals surface area contributed by atoms with Gasteiger partial charge in [0.15, 0.2) is 0 Å². The highest BCUT2D eigenvalue weighted by molar-refractivity contribution is 5.78. The molecular formula is C10H19NO2. The van der Waals surface area contributed by atoms with E-state index in [0.29, 0.717) is 0 Å². The first-order valence-corrected chi connectivity index (χ1v) is 5.08. The van der Waals surface area contributed by atoms with Crippen molar-refractivity contribution in [2.75, 3.05) is 13.1 Å². The van der Waals surface area contributed by atoms with E-state index in [4.69, 9.17) is 0 Å². The number of aliphatic hydroxyl groups is 1. The van der Waals surface area contributed by atoms with Crippen LogP contribution in [0.4, 0.5) is 0 Å². The lowest BCUT2D eigenvalue weighted by Crippen LogP contribution is -2.35. The first-order chi connectivity index (χ1) is 6.11. The van der Waals surface area contributed by atoms with E-state index >= 15 is 0 Å². The van der Waals surface area contributed by atoms with Crippen LogP contribution in [0.5, 0.6) is 0 Å². The summed E-state index contributed by atoms with van der Waals surface area (Å²) in [5.41, 5.74) is 0. The fraction of sp³-hybridized carbons (Fsp3) is 0.900. The first kappa shape index (κ1) is 10.5. The van der Waals surface area contributed by atoms with Crippen LogP contribution < -0.4 is 0 Å². The molecular weight excluding hydrogens is 166 g/mol. The molecule has 1 fully saturated rings. The molecule has 1 aliphatic heterocycles. The minimum atomic E-state index is -0.204. The molecule has 1 saturated heterocycles. The molecule has 1 rings (SSSR count). The Kier molecular flexibility index (Phi) is 3.72. The fourth-order valence-electron chi connectivity index (χ4n) is 1.66. The molecule has 1 N–H and O–H groups in total. The van der Waals surface area contributed by atoms with Gasteiger partial charge in [-0.15, -0.1) is 0 Å². The summed E-state index contributed by atoms with van der Waals surface area (Å²) in [5.74, 6) is 0.296. The summed E-state index contributed by atoms with van der Waals surface area (Å²) in [6.45, 7) is 5.37. The molecule has 0 aromatic carbocycles. The fourth-order valence-corrected chi connectivity index (χ4v) is 1.66. The summed E-state index contributed by atoms with van der Waals surface area (Å²) in [6, 6.07) is 0. The lowest BCUT2D eigenvalue weighted by molar-refractivity contribution is -0.134. The van der Waals surface area contributed by atoms with Crippen LogP contribution in [0.25, 0.3) is 0 Å². The number of hydrogen-bond donors (Lipinski definition) is 1. The number of nitrogens with zero attached hydrogens (tertiary/aromatic N) is 1. The summed E-state index contributed by atoms with van der Waals surface area (Å²) in [4.78, 5) is 13.5. The van der Waals surface area contributed by atoms with Gasteiger partial charge in [0.25, 0.3) is 0 Å². The van der Waals surface area contributed by atoms with E-state index in [1.807, 2.05) is 18.7 Å². The summed E-state index contributed by atoms with van der Waals surface area (Å²) >= 11 is 0. The van der Waals surface area contributed by atoms with Crippen LogP contribution in [0.3, 0.4) is 0 Å². The second-order valence-corrected chi connectivity index (χ2v) is 4.06.